The Labute approximate surface area is 142 Å². The second-order valence-electron chi connectivity index (χ2n) is 5.16. The summed E-state index contributed by atoms with van der Waals surface area (Å²) < 4.78 is 7.40. The molecule has 8 nitrogen and oxygen atoms in total. The molecule has 2 N–H and O–H groups in total. The molecule has 8 heteroatoms. The van der Waals surface area contributed by atoms with E-state index in [1.807, 2.05) is 26.1 Å². The van der Waals surface area contributed by atoms with Gasteiger partial charge >= 0.3 is 0 Å². The molecule has 0 saturated heterocycles. The molecule has 0 atom stereocenters. The molecule has 0 aliphatic heterocycles. The van der Waals surface area contributed by atoms with E-state index >= 15 is 0 Å². The lowest BCUT2D eigenvalue weighted by Gasteiger charge is -2.12. The van der Waals surface area contributed by atoms with E-state index < -0.39 is 0 Å². The fourth-order valence-corrected chi connectivity index (χ4v) is 2.02. The molecule has 0 fully saturated rings. The second-order valence-corrected chi connectivity index (χ2v) is 5.16. The first-order valence-corrected chi connectivity index (χ1v) is 8.16. The molecule has 0 radical (unpaired) electrons. The topological polar surface area (TPSA) is 89.2 Å². The van der Waals surface area contributed by atoms with Gasteiger partial charge in [-0.2, -0.15) is 5.10 Å². The van der Waals surface area contributed by atoms with Gasteiger partial charge in [-0.25, -0.2) is 15.0 Å². The first-order valence-electron chi connectivity index (χ1n) is 8.16. The van der Waals surface area contributed by atoms with Crippen LogP contribution in [0.5, 0.6) is 5.88 Å². The van der Waals surface area contributed by atoms with Gasteiger partial charge in [-0.05, 0) is 19.4 Å². The van der Waals surface area contributed by atoms with Gasteiger partial charge in [0, 0.05) is 25.4 Å². The second kappa shape index (κ2) is 9.49. The van der Waals surface area contributed by atoms with E-state index in [1.54, 1.807) is 10.9 Å². The summed E-state index contributed by atoms with van der Waals surface area (Å²) in [5.41, 5.74) is 0.960. The smallest absolute Gasteiger partial charge is 0.218 e. The van der Waals surface area contributed by atoms with E-state index in [1.165, 1.54) is 6.33 Å². The molecule has 0 unspecified atom stereocenters. The van der Waals surface area contributed by atoms with Crippen LogP contribution < -0.4 is 15.4 Å². The van der Waals surface area contributed by atoms with Crippen LogP contribution in [0, 0.1) is 0 Å². The molecule has 0 amide bonds. The van der Waals surface area contributed by atoms with Crippen molar-refractivity contribution in [3.8, 4) is 5.88 Å². The lowest BCUT2D eigenvalue weighted by atomic mass is 10.3. The summed E-state index contributed by atoms with van der Waals surface area (Å²) in [5.74, 6) is 2.20. The summed E-state index contributed by atoms with van der Waals surface area (Å²) >= 11 is 0. The highest BCUT2D eigenvalue weighted by atomic mass is 16.5. The first-order chi connectivity index (χ1) is 11.7. The van der Waals surface area contributed by atoms with Crippen molar-refractivity contribution >= 4 is 5.96 Å². The number of pyridine rings is 1. The molecule has 0 aromatic carbocycles. The van der Waals surface area contributed by atoms with Crippen molar-refractivity contribution in [3.05, 3.63) is 36.0 Å². The van der Waals surface area contributed by atoms with E-state index in [9.17, 15) is 0 Å². The van der Waals surface area contributed by atoms with Crippen LogP contribution in [-0.4, -0.2) is 38.9 Å². The van der Waals surface area contributed by atoms with Gasteiger partial charge in [-0.3, -0.25) is 4.68 Å². The average Bonchev–Trinajstić information content (AvgIpc) is 3.01. The maximum atomic E-state index is 5.67. The van der Waals surface area contributed by atoms with Crippen molar-refractivity contribution in [2.75, 3.05) is 13.2 Å². The van der Waals surface area contributed by atoms with Gasteiger partial charge < -0.3 is 15.4 Å². The zero-order valence-corrected chi connectivity index (χ0v) is 14.5. The monoisotopic (exact) mass is 331 g/mol. The molecular weight excluding hydrogens is 306 g/mol. The molecular formula is C16H25N7O. The lowest BCUT2D eigenvalue weighted by molar-refractivity contribution is 0.302. The highest BCUT2D eigenvalue weighted by Crippen LogP contribution is 2.15. The van der Waals surface area contributed by atoms with Crippen molar-refractivity contribution in [1.29, 1.82) is 0 Å². The van der Waals surface area contributed by atoms with Crippen molar-refractivity contribution < 1.29 is 4.74 Å². The molecule has 0 bridgehead atoms. The number of aliphatic imine (C=N–C) groups is 1. The zero-order valence-electron chi connectivity index (χ0n) is 14.5. The van der Waals surface area contributed by atoms with E-state index in [-0.39, 0.29) is 0 Å². The number of nitrogens with one attached hydrogen (secondary N) is 2. The summed E-state index contributed by atoms with van der Waals surface area (Å²) in [5, 5.41) is 10.5. The minimum atomic E-state index is 0.487. The van der Waals surface area contributed by atoms with Gasteiger partial charge in [0.25, 0.3) is 0 Å². The largest absolute Gasteiger partial charge is 0.477 e. The van der Waals surface area contributed by atoms with E-state index in [2.05, 4.69) is 37.6 Å². The van der Waals surface area contributed by atoms with E-state index in [0.29, 0.717) is 31.5 Å². The summed E-state index contributed by atoms with van der Waals surface area (Å²) in [7, 11) is 1.86. The van der Waals surface area contributed by atoms with Crippen LogP contribution >= 0.6 is 0 Å². The quantitative estimate of drug-likeness (QED) is 0.559. The predicted octanol–water partition coefficient (Wildman–Crippen LogP) is 1.25. The molecule has 0 saturated carbocycles. The Hall–Kier alpha value is -2.64. The lowest BCUT2D eigenvalue weighted by Crippen LogP contribution is -2.37. The summed E-state index contributed by atoms with van der Waals surface area (Å²) in [6, 6.07) is 3.87. The fraction of sp³-hybridized carbons (Fsp3) is 0.500. The summed E-state index contributed by atoms with van der Waals surface area (Å²) in [6.07, 6.45) is 4.21. The maximum absolute atomic E-state index is 5.67. The number of ether oxygens (including phenoxy) is 1. The van der Waals surface area contributed by atoms with Crippen LogP contribution in [0.3, 0.4) is 0 Å². The molecule has 2 aromatic heterocycles. The van der Waals surface area contributed by atoms with Crippen LogP contribution in [0.4, 0.5) is 0 Å². The highest BCUT2D eigenvalue weighted by Gasteiger charge is 2.06. The van der Waals surface area contributed by atoms with Crippen molar-refractivity contribution in [2.45, 2.75) is 33.4 Å². The number of hydrogen-bond acceptors (Lipinski definition) is 5. The van der Waals surface area contributed by atoms with Crippen LogP contribution in [0.25, 0.3) is 0 Å². The molecule has 2 rings (SSSR count). The Morgan fingerprint density at radius 2 is 2.17 bits per heavy atom. The van der Waals surface area contributed by atoms with Gasteiger partial charge in [0.2, 0.25) is 5.88 Å². The molecule has 2 heterocycles. The number of aryl methyl sites for hydroxylation is 1. The maximum Gasteiger partial charge on any atom is 0.218 e. The van der Waals surface area contributed by atoms with Gasteiger partial charge in [-0.15, -0.1) is 0 Å². The van der Waals surface area contributed by atoms with Crippen LogP contribution in [0.2, 0.25) is 0 Å². The predicted molar refractivity (Wildman–Crippen MR) is 92.7 cm³/mol. The Kier molecular flexibility index (Phi) is 7.00. The van der Waals surface area contributed by atoms with Crippen LogP contribution in [0.1, 0.15) is 31.7 Å². The van der Waals surface area contributed by atoms with Gasteiger partial charge in [0.05, 0.1) is 19.7 Å². The number of rotatable bonds is 8. The zero-order chi connectivity index (χ0) is 17.2. The average molecular weight is 331 g/mol. The van der Waals surface area contributed by atoms with Crippen LogP contribution in [-0.2, 0) is 20.1 Å². The number of guanidine groups is 1. The Morgan fingerprint density at radius 3 is 2.88 bits per heavy atom. The molecule has 24 heavy (non-hydrogen) atoms. The van der Waals surface area contributed by atoms with Crippen molar-refractivity contribution in [3.63, 3.8) is 0 Å². The third-order valence-electron chi connectivity index (χ3n) is 3.26. The molecule has 2 aromatic rings. The SMILES string of the molecule is CCCOc1ncccc1CN=C(NCC)NCc1ncnn1C. The first kappa shape index (κ1) is 17.7. The normalized spacial score (nSPS) is 11.4. The standard InChI is InChI=1S/C16H25N7O/c1-4-9-24-15-13(7-6-8-18-15)10-19-16(17-5-2)20-11-14-21-12-22-23(14)3/h6-8,12H,4-5,9-11H2,1-3H3,(H2,17,19,20). The van der Waals surface area contributed by atoms with E-state index in [4.69, 9.17) is 4.74 Å². The minimum absolute atomic E-state index is 0.487. The third-order valence-corrected chi connectivity index (χ3v) is 3.26. The Bertz CT molecular complexity index is 653. The fourth-order valence-electron chi connectivity index (χ4n) is 2.02. The van der Waals surface area contributed by atoms with Crippen molar-refractivity contribution in [1.82, 2.24) is 30.4 Å². The molecule has 130 valence electrons. The molecule has 0 spiro atoms. The van der Waals surface area contributed by atoms with E-state index in [0.717, 1.165) is 24.4 Å². The summed E-state index contributed by atoms with van der Waals surface area (Å²) in [6.45, 7) is 6.56. The van der Waals surface area contributed by atoms with Gasteiger partial charge in [0.1, 0.15) is 12.2 Å². The summed E-state index contributed by atoms with van der Waals surface area (Å²) in [4.78, 5) is 13.1. The van der Waals surface area contributed by atoms with Crippen molar-refractivity contribution in [2.24, 2.45) is 12.0 Å². The number of hydrogen-bond donors (Lipinski definition) is 2. The Morgan fingerprint density at radius 1 is 1.29 bits per heavy atom. The molecule has 0 aliphatic rings. The Balaban J connectivity index is 2.01. The number of nitrogens with zero attached hydrogens (tertiary/aromatic N) is 5. The van der Waals surface area contributed by atoms with Gasteiger partial charge in [-0.1, -0.05) is 13.0 Å². The number of aromatic nitrogens is 4. The molecule has 0 aliphatic carbocycles. The van der Waals surface area contributed by atoms with Crippen LogP contribution in [0.15, 0.2) is 29.6 Å². The third kappa shape index (κ3) is 5.22. The van der Waals surface area contributed by atoms with Gasteiger partial charge in [0.15, 0.2) is 5.96 Å². The minimum Gasteiger partial charge on any atom is -0.477 e. The highest BCUT2D eigenvalue weighted by molar-refractivity contribution is 5.79.